The normalized spacial score (nSPS) is 24.2. The number of fused-ring (bicyclic) bond motifs is 2. The van der Waals surface area contributed by atoms with Crippen LogP contribution in [0, 0.1) is 0 Å². The van der Waals surface area contributed by atoms with E-state index in [1.807, 2.05) is 0 Å². The monoisotopic (exact) mass is 451 g/mol. The fourth-order valence-electron chi connectivity index (χ4n) is 6.04. The molecule has 0 amide bonds. The molecule has 0 unspecified atom stereocenters. The van der Waals surface area contributed by atoms with Crippen LogP contribution in [-0.2, 0) is 30.1 Å². The lowest BCUT2D eigenvalue weighted by Crippen LogP contribution is -2.48. The van der Waals surface area contributed by atoms with Gasteiger partial charge in [-0.05, 0) is 74.0 Å². The predicted molar refractivity (Wildman–Crippen MR) is 129 cm³/mol. The van der Waals surface area contributed by atoms with Gasteiger partial charge in [-0.1, -0.05) is 18.2 Å². The Hall–Kier alpha value is -1.92. The molecule has 1 atom stereocenters. The summed E-state index contributed by atoms with van der Waals surface area (Å²) in [6.45, 7) is 2.13. The molecule has 2 aromatic rings. The number of aliphatic hydroxyl groups is 1. The summed E-state index contributed by atoms with van der Waals surface area (Å²) in [6, 6.07) is 9.30. The molecule has 2 fully saturated rings. The molecule has 4 aliphatic rings. The number of anilines is 2. The molecule has 1 saturated carbocycles. The highest BCUT2D eigenvalue weighted by Gasteiger charge is 2.38. The maximum atomic E-state index is 12.7. The standard InChI is InChI=1S/C26H33N3O2S/c30-17-26(10-2-11-26)28-23-16-24(27-22-9-14-32(31)25(22)23)29-12-7-19(8-13-29)21-6-5-18-3-1-4-20(18)15-21/h5-6,15-16,19,30H,1-4,7-14,17H2,(H,27,28)/t32-/m1/s1. The van der Waals surface area contributed by atoms with Crippen molar-refractivity contribution in [3.05, 3.63) is 46.6 Å². The second-order valence-corrected chi connectivity index (χ2v) is 11.7. The number of hydrogen-bond donors (Lipinski definition) is 2. The van der Waals surface area contributed by atoms with E-state index < -0.39 is 10.8 Å². The fourth-order valence-corrected chi connectivity index (χ4v) is 7.39. The first-order valence-corrected chi connectivity index (χ1v) is 13.6. The molecule has 5 nitrogen and oxygen atoms in total. The summed E-state index contributed by atoms with van der Waals surface area (Å²) >= 11 is 0. The van der Waals surface area contributed by atoms with E-state index in [2.05, 4.69) is 34.5 Å². The molecule has 6 rings (SSSR count). The Bertz CT molecular complexity index is 1050. The third-order valence-electron chi connectivity index (χ3n) is 8.21. The number of benzene rings is 1. The lowest BCUT2D eigenvalue weighted by molar-refractivity contribution is 0.144. The summed E-state index contributed by atoms with van der Waals surface area (Å²) in [5, 5.41) is 13.6. The van der Waals surface area contributed by atoms with Crippen molar-refractivity contribution in [1.29, 1.82) is 0 Å². The van der Waals surface area contributed by atoms with Crippen molar-refractivity contribution in [2.24, 2.45) is 0 Å². The van der Waals surface area contributed by atoms with Crippen molar-refractivity contribution in [2.45, 2.75) is 74.1 Å². The van der Waals surface area contributed by atoms with Crippen molar-refractivity contribution in [3.8, 4) is 0 Å². The second kappa shape index (κ2) is 8.14. The number of nitrogens with zero attached hydrogens (tertiary/aromatic N) is 2. The van der Waals surface area contributed by atoms with Crippen LogP contribution in [0.5, 0.6) is 0 Å². The van der Waals surface area contributed by atoms with E-state index >= 15 is 0 Å². The third-order valence-corrected chi connectivity index (χ3v) is 9.69. The molecule has 6 heteroatoms. The van der Waals surface area contributed by atoms with Crippen LogP contribution in [0.25, 0.3) is 0 Å². The van der Waals surface area contributed by atoms with E-state index in [0.717, 1.165) is 73.7 Å². The first kappa shape index (κ1) is 20.7. The summed E-state index contributed by atoms with van der Waals surface area (Å²) in [7, 11) is -0.993. The van der Waals surface area contributed by atoms with Crippen LogP contribution < -0.4 is 10.2 Å². The lowest BCUT2D eigenvalue weighted by Gasteiger charge is -2.42. The summed E-state index contributed by atoms with van der Waals surface area (Å²) < 4.78 is 12.7. The molecule has 2 N–H and O–H groups in total. The zero-order valence-corrected chi connectivity index (χ0v) is 19.6. The van der Waals surface area contributed by atoms with E-state index in [1.165, 1.54) is 24.8 Å². The highest BCUT2D eigenvalue weighted by Crippen LogP contribution is 2.40. The molecule has 0 radical (unpaired) electrons. The molecule has 0 bridgehead atoms. The van der Waals surface area contributed by atoms with Crippen molar-refractivity contribution in [3.63, 3.8) is 0 Å². The van der Waals surface area contributed by atoms with Gasteiger partial charge in [0.2, 0.25) is 0 Å². The van der Waals surface area contributed by atoms with Crippen LogP contribution in [0.4, 0.5) is 11.5 Å². The number of piperidine rings is 1. The topological polar surface area (TPSA) is 65.5 Å². The van der Waals surface area contributed by atoms with Gasteiger partial charge < -0.3 is 15.3 Å². The Morgan fingerprint density at radius 2 is 1.91 bits per heavy atom. The molecule has 3 heterocycles. The SMILES string of the molecule is O=[S@@]1CCc2nc(N3CCC(c4ccc5c(c4)CCC5)CC3)cc(NC3(CO)CCC3)c21. The second-order valence-electron chi connectivity index (χ2n) is 10.2. The van der Waals surface area contributed by atoms with Gasteiger partial charge in [-0.3, -0.25) is 4.21 Å². The molecule has 0 spiro atoms. The van der Waals surface area contributed by atoms with Crippen LogP contribution >= 0.6 is 0 Å². The number of pyridine rings is 1. The first-order chi connectivity index (χ1) is 15.6. The zero-order valence-electron chi connectivity index (χ0n) is 18.7. The molecular formula is C26H33N3O2S. The van der Waals surface area contributed by atoms with Gasteiger partial charge >= 0.3 is 0 Å². The maximum Gasteiger partial charge on any atom is 0.130 e. The van der Waals surface area contributed by atoms with Crippen LogP contribution in [0.3, 0.4) is 0 Å². The van der Waals surface area contributed by atoms with Crippen molar-refractivity contribution in [2.75, 3.05) is 35.7 Å². The minimum Gasteiger partial charge on any atom is -0.394 e. The van der Waals surface area contributed by atoms with Gasteiger partial charge in [-0.25, -0.2) is 4.98 Å². The van der Waals surface area contributed by atoms with Gasteiger partial charge in [0.25, 0.3) is 0 Å². The van der Waals surface area contributed by atoms with E-state index in [9.17, 15) is 9.32 Å². The van der Waals surface area contributed by atoms with Gasteiger partial charge in [-0.15, -0.1) is 0 Å². The van der Waals surface area contributed by atoms with Crippen LogP contribution in [0.1, 0.15) is 66.8 Å². The average molecular weight is 452 g/mol. The van der Waals surface area contributed by atoms with Crippen molar-refractivity contribution in [1.82, 2.24) is 4.98 Å². The van der Waals surface area contributed by atoms with Crippen LogP contribution in [-0.4, -0.2) is 45.3 Å². The Balaban J connectivity index is 1.22. The molecule has 2 aliphatic carbocycles. The van der Waals surface area contributed by atoms with Gasteiger partial charge in [0.15, 0.2) is 0 Å². The minimum absolute atomic E-state index is 0.123. The molecule has 170 valence electrons. The van der Waals surface area contributed by atoms with Gasteiger partial charge in [0.1, 0.15) is 5.82 Å². The van der Waals surface area contributed by atoms with E-state index in [1.54, 1.807) is 11.1 Å². The minimum atomic E-state index is -0.993. The van der Waals surface area contributed by atoms with E-state index in [4.69, 9.17) is 4.98 Å². The molecule has 1 aromatic heterocycles. The van der Waals surface area contributed by atoms with Gasteiger partial charge in [0, 0.05) is 31.3 Å². The predicted octanol–water partition coefficient (Wildman–Crippen LogP) is 3.94. The number of aliphatic hydroxyl groups excluding tert-OH is 1. The number of aromatic nitrogens is 1. The highest BCUT2D eigenvalue weighted by molar-refractivity contribution is 7.85. The zero-order chi connectivity index (χ0) is 21.7. The van der Waals surface area contributed by atoms with Gasteiger partial charge in [0.05, 0.1) is 39.2 Å². The fraction of sp³-hybridized carbons (Fsp3) is 0.577. The van der Waals surface area contributed by atoms with Crippen LogP contribution in [0.15, 0.2) is 29.2 Å². The van der Waals surface area contributed by atoms with Crippen LogP contribution in [0.2, 0.25) is 0 Å². The Morgan fingerprint density at radius 3 is 2.66 bits per heavy atom. The Kier molecular flexibility index (Phi) is 5.26. The molecular weight excluding hydrogens is 418 g/mol. The van der Waals surface area contributed by atoms with Gasteiger partial charge in [-0.2, -0.15) is 0 Å². The number of nitrogens with one attached hydrogen (secondary N) is 1. The first-order valence-electron chi connectivity index (χ1n) is 12.3. The number of hydrogen-bond acceptors (Lipinski definition) is 5. The number of aryl methyl sites for hydroxylation is 3. The molecule has 1 saturated heterocycles. The largest absolute Gasteiger partial charge is 0.394 e. The Labute approximate surface area is 193 Å². The van der Waals surface area contributed by atoms with Crippen molar-refractivity contribution >= 4 is 22.3 Å². The third kappa shape index (κ3) is 3.56. The summed E-state index contributed by atoms with van der Waals surface area (Å²) in [5.41, 5.74) is 6.31. The molecule has 2 aliphatic heterocycles. The number of rotatable bonds is 5. The quantitative estimate of drug-likeness (QED) is 0.721. The lowest BCUT2D eigenvalue weighted by atomic mass is 9.77. The van der Waals surface area contributed by atoms with Crippen molar-refractivity contribution < 1.29 is 9.32 Å². The van der Waals surface area contributed by atoms with E-state index in [0.29, 0.717) is 11.7 Å². The Morgan fingerprint density at radius 1 is 1.09 bits per heavy atom. The van der Waals surface area contributed by atoms with E-state index in [-0.39, 0.29) is 12.1 Å². The highest BCUT2D eigenvalue weighted by atomic mass is 32.2. The summed E-state index contributed by atoms with van der Waals surface area (Å²) in [5.74, 6) is 2.29. The summed E-state index contributed by atoms with van der Waals surface area (Å²) in [4.78, 5) is 8.25. The maximum absolute atomic E-state index is 12.7. The average Bonchev–Trinajstić information content (AvgIpc) is 3.42. The smallest absolute Gasteiger partial charge is 0.130 e. The molecule has 1 aromatic carbocycles. The summed E-state index contributed by atoms with van der Waals surface area (Å²) in [6.07, 6.45) is 9.93. The molecule has 32 heavy (non-hydrogen) atoms.